The Morgan fingerprint density at radius 1 is 0.453 bits per heavy atom. The monoisotopic (exact) mass is 1080 g/mol. The van der Waals surface area contributed by atoms with Crippen LogP contribution in [0.2, 0.25) is 0 Å². The van der Waals surface area contributed by atoms with Crippen molar-refractivity contribution >= 4 is 19.7 Å². The summed E-state index contributed by atoms with van der Waals surface area (Å²) in [6, 6.07) is -0.893. The SMILES string of the molecule is CCCCCCCC/C=C/CCCCCCCCCCCCCCCC(=O)OC(/C=C\CCCCCCCCCCCC)C(COP(=O)([O-])OCC[N+](C)(C)C)NC(=O)CCCCC/C=C\CCCCCCCCC. The normalized spacial score (nSPS) is 13.9. The van der Waals surface area contributed by atoms with E-state index in [1.807, 2.05) is 33.3 Å². The maximum atomic E-state index is 13.5. The molecule has 0 fully saturated rings. The van der Waals surface area contributed by atoms with Crippen LogP contribution in [-0.2, 0) is 27.9 Å². The van der Waals surface area contributed by atoms with Crippen molar-refractivity contribution in [1.82, 2.24) is 5.32 Å². The first-order chi connectivity index (χ1) is 36.4. The first-order valence-electron chi connectivity index (χ1n) is 32.3. The van der Waals surface area contributed by atoms with Gasteiger partial charge in [0.25, 0.3) is 7.82 Å². The highest BCUT2D eigenvalue weighted by atomic mass is 31.2. The summed E-state index contributed by atoms with van der Waals surface area (Å²) in [7, 11) is 1.19. The summed E-state index contributed by atoms with van der Waals surface area (Å²) in [6.45, 7) is 6.85. The van der Waals surface area contributed by atoms with Crippen LogP contribution in [0.5, 0.6) is 0 Å². The minimum Gasteiger partial charge on any atom is -0.756 e. The van der Waals surface area contributed by atoms with E-state index in [1.165, 1.54) is 212 Å². The fourth-order valence-corrected chi connectivity index (χ4v) is 10.2. The Hall–Kier alpha value is -1.77. The predicted octanol–water partition coefficient (Wildman–Crippen LogP) is 19.3. The van der Waals surface area contributed by atoms with Crippen LogP contribution in [0, 0.1) is 0 Å². The summed E-state index contributed by atoms with van der Waals surface area (Å²) < 4.78 is 30.3. The summed E-state index contributed by atoms with van der Waals surface area (Å²) in [5.41, 5.74) is 0. The van der Waals surface area contributed by atoms with E-state index in [0.29, 0.717) is 17.4 Å². The van der Waals surface area contributed by atoms with Gasteiger partial charge in [-0.25, -0.2) is 0 Å². The lowest BCUT2D eigenvalue weighted by atomic mass is 10.0. The second kappa shape index (κ2) is 55.5. The number of esters is 1. The molecule has 0 aliphatic carbocycles. The van der Waals surface area contributed by atoms with Crippen molar-refractivity contribution < 1.29 is 37.3 Å². The van der Waals surface area contributed by atoms with Gasteiger partial charge in [0.15, 0.2) is 0 Å². The molecule has 0 spiro atoms. The largest absolute Gasteiger partial charge is 0.756 e. The second-order valence-corrected chi connectivity index (χ2v) is 24.7. The lowest BCUT2D eigenvalue weighted by Gasteiger charge is -2.30. The van der Waals surface area contributed by atoms with E-state index < -0.39 is 26.6 Å². The molecule has 1 amide bonds. The van der Waals surface area contributed by atoms with Crippen LogP contribution >= 0.6 is 7.82 Å². The van der Waals surface area contributed by atoms with Gasteiger partial charge in [-0.3, -0.25) is 14.2 Å². The summed E-state index contributed by atoms with van der Waals surface area (Å²) in [6.07, 6.45) is 66.9. The molecule has 0 radical (unpaired) electrons. The van der Waals surface area contributed by atoms with Crippen LogP contribution in [0.15, 0.2) is 36.5 Å². The average Bonchev–Trinajstić information content (AvgIpc) is 3.37. The number of likely N-dealkylation sites (N-methyl/N-ethyl adjacent to an activating group) is 1. The van der Waals surface area contributed by atoms with Crippen molar-refractivity contribution in [3.05, 3.63) is 36.5 Å². The Bertz CT molecular complexity index is 1380. The van der Waals surface area contributed by atoms with Gasteiger partial charge < -0.3 is 28.5 Å². The number of unbranched alkanes of at least 4 members (excludes halogenated alkanes) is 39. The zero-order chi connectivity index (χ0) is 55.0. The molecule has 1 N–H and O–H groups in total. The molecule has 0 aromatic heterocycles. The van der Waals surface area contributed by atoms with E-state index in [9.17, 15) is 19.0 Å². The number of nitrogens with one attached hydrogen (secondary N) is 1. The molecule has 0 saturated carbocycles. The zero-order valence-corrected chi connectivity index (χ0v) is 51.4. The number of ether oxygens (including phenoxy) is 1. The van der Waals surface area contributed by atoms with E-state index in [1.54, 1.807) is 0 Å². The van der Waals surface area contributed by atoms with Crippen LogP contribution in [-0.4, -0.2) is 69.4 Å². The number of hydrogen-bond donors (Lipinski definition) is 1. The zero-order valence-electron chi connectivity index (χ0n) is 50.5. The first kappa shape index (κ1) is 73.2. The van der Waals surface area contributed by atoms with Crippen molar-refractivity contribution in [1.29, 1.82) is 0 Å². The summed E-state index contributed by atoms with van der Waals surface area (Å²) in [5, 5.41) is 3.02. The minimum absolute atomic E-state index is 0.0230. The highest BCUT2D eigenvalue weighted by Gasteiger charge is 2.27. The molecule has 0 saturated heterocycles. The van der Waals surface area contributed by atoms with Gasteiger partial charge >= 0.3 is 5.97 Å². The lowest BCUT2D eigenvalue weighted by molar-refractivity contribution is -0.870. The standard InChI is InChI=1S/C65H125N2O7P/c1-7-10-13-16-19-22-25-28-30-31-32-33-34-35-36-37-38-40-43-46-49-52-55-58-65(69)74-63(56-53-50-47-44-41-27-24-21-18-15-12-9-3)62(61-73-75(70,71)72-60-59-67(4,5)6)66-64(68)57-54-51-48-45-42-39-29-26-23-20-17-14-11-8-2/h28,30,39,42,53,56,62-63H,7-27,29,31-38,40-41,43-52,54-55,57-61H2,1-6H3,(H-,66,68,70,71)/b30-28+,42-39-,56-53-. The molecule has 0 rings (SSSR count). The fourth-order valence-electron chi connectivity index (χ4n) is 9.51. The Morgan fingerprint density at radius 3 is 1.15 bits per heavy atom. The Morgan fingerprint density at radius 2 is 0.773 bits per heavy atom. The molecule has 9 nitrogen and oxygen atoms in total. The summed E-state index contributed by atoms with van der Waals surface area (Å²) in [4.78, 5) is 40.0. The maximum Gasteiger partial charge on any atom is 0.306 e. The molecule has 3 atom stereocenters. The molecule has 0 bridgehead atoms. The number of rotatable bonds is 59. The average molecular weight is 1080 g/mol. The van der Waals surface area contributed by atoms with Crippen molar-refractivity contribution in [3.8, 4) is 0 Å². The quantitative estimate of drug-likeness (QED) is 0.0212. The van der Waals surface area contributed by atoms with Gasteiger partial charge in [-0.05, 0) is 83.1 Å². The van der Waals surface area contributed by atoms with E-state index >= 15 is 0 Å². The molecule has 10 heteroatoms. The third-order valence-electron chi connectivity index (χ3n) is 14.5. The van der Waals surface area contributed by atoms with Gasteiger partial charge in [0, 0.05) is 12.8 Å². The van der Waals surface area contributed by atoms with E-state index in [-0.39, 0.29) is 24.9 Å². The topological polar surface area (TPSA) is 114 Å². The molecule has 0 aliphatic heterocycles. The van der Waals surface area contributed by atoms with Crippen LogP contribution < -0.4 is 10.2 Å². The van der Waals surface area contributed by atoms with Crippen LogP contribution in [0.25, 0.3) is 0 Å². The van der Waals surface area contributed by atoms with Gasteiger partial charge in [0.05, 0.1) is 33.8 Å². The van der Waals surface area contributed by atoms with Gasteiger partial charge in [-0.2, -0.15) is 0 Å². The Kier molecular flexibility index (Phi) is 54.2. The number of nitrogens with zero attached hydrogens (tertiary/aromatic N) is 1. The molecular formula is C65H125N2O7P. The highest BCUT2D eigenvalue weighted by Crippen LogP contribution is 2.38. The number of allylic oxidation sites excluding steroid dienone is 5. The summed E-state index contributed by atoms with van der Waals surface area (Å²) >= 11 is 0. The number of phosphoric ester groups is 1. The number of phosphoric acid groups is 1. The third-order valence-corrected chi connectivity index (χ3v) is 15.5. The number of amides is 1. The van der Waals surface area contributed by atoms with Crippen molar-refractivity contribution in [3.63, 3.8) is 0 Å². The van der Waals surface area contributed by atoms with Gasteiger partial charge in [-0.15, -0.1) is 0 Å². The predicted molar refractivity (Wildman–Crippen MR) is 321 cm³/mol. The molecule has 3 unspecified atom stereocenters. The Balaban J connectivity index is 5.13. The van der Waals surface area contributed by atoms with E-state index in [4.69, 9.17) is 13.8 Å². The maximum absolute atomic E-state index is 13.5. The summed E-state index contributed by atoms with van der Waals surface area (Å²) in [5.74, 6) is -0.547. The first-order valence-corrected chi connectivity index (χ1v) is 33.8. The van der Waals surface area contributed by atoms with Gasteiger partial charge in [0.1, 0.15) is 19.3 Å². The van der Waals surface area contributed by atoms with Gasteiger partial charge in [-0.1, -0.05) is 257 Å². The molecule has 0 heterocycles. The number of carbonyl (C=O) groups excluding carboxylic acids is 2. The molecular weight excluding hydrogens is 952 g/mol. The fraction of sp³-hybridized carbons (Fsp3) is 0.877. The minimum atomic E-state index is -4.70. The lowest BCUT2D eigenvalue weighted by Crippen LogP contribution is -2.47. The molecule has 442 valence electrons. The van der Waals surface area contributed by atoms with Crippen LogP contribution in [0.4, 0.5) is 0 Å². The van der Waals surface area contributed by atoms with Crippen LogP contribution in [0.1, 0.15) is 316 Å². The third kappa shape index (κ3) is 56.8. The van der Waals surface area contributed by atoms with E-state index in [0.717, 1.165) is 70.6 Å². The van der Waals surface area contributed by atoms with Crippen LogP contribution in [0.3, 0.4) is 0 Å². The Labute approximate surface area is 466 Å². The number of quaternary nitrogens is 1. The van der Waals surface area contributed by atoms with Crippen molar-refractivity contribution in [2.45, 2.75) is 328 Å². The number of carbonyl (C=O) groups is 2. The van der Waals surface area contributed by atoms with Crippen molar-refractivity contribution in [2.24, 2.45) is 0 Å². The number of hydrogen-bond acceptors (Lipinski definition) is 7. The smallest absolute Gasteiger partial charge is 0.306 e. The highest BCUT2D eigenvalue weighted by molar-refractivity contribution is 7.45. The molecule has 75 heavy (non-hydrogen) atoms. The molecule has 0 aromatic rings. The molecule has 0 aliphatic rings. The molecule has 0 aromatic carbocycles. The van der Waals surface area contributed by atoms with Gasteiger partial charge in [0.2, 0.25) is 5.91 Å². The van der Waals surface area contributed by atoms with Crippen molar-refractivity contribution in [2.75, 3.05) is 40.9 Å². The second-order valence-electron chi connectivity index (χ2n) is 23.3. The van der Waals surface area contributed by atoms with E-state index in [2.05, 4.69) is 50.4 Å².